The molecule has 2 rings (SSSR count). The highest BCUT2D eigenvalue weighted by Crippen LogP contribution is 2.19. The summed E-state index contributed by atoms with van der Waals surface area (Å²) in [5, 5.41) is 2.58. The van der Waals surface area contributed by atoms with Gasteiger partial charge in [-0.1, -0.05) is 0 Å². The molecule has 0 spiro atoms. The molecule has 6 heteroatoms. The van der Waals surface area contributed by atoms with Gasteiger partial charge >= 0.3 is 0 Å². The topological polar surface area (TPSA) is 37.8 Å². The highest BCUT2D eigenvalue weighted by molar-refractivity contribution is 5.45. The van der Waals surface area contributed by atoms with Gasteiger partial charge in [0, 0.05) is 36.6 Å². The largest absolute Gasteiger partial charge is 0.378 e. The van der Waals surface area contributed by atoms with Crippen LogP contribution in [0.3, 0.4) is 0 Å². The summed E-state index contributed by atoms with van der Waals surface area (Å²) in [7, 11) is 0. The number of aromatic nitrogens is 2. The van der Waals surface area contributed by atoms with E-state index in [1.165, 1.54) is 18.7 Å². The molecule has 88 valence electrons. The van der Waals surface area contributed by atoms with Gasteiger partial charge in [-0.2, -0.15) is 0 Å². The van der Waals surface area contributed by atoms with E-state index in [4.69, 9.17) is 0 Å². The normalized spacial score (nSPS) is 10.3. The van der Waals surface area contributed by atoms with Crippen molar-refractivity contribution >= 4 is 5.69 Å². The average molecular weight is 239 g/mol. The van der Waals surface area contributed by atoms with Gasteiger partial charge in [0.15, 0.2) is 11.6 Å². The third kappa shape index (κ3) is 2.72. The minimum atomic E-state index is -1.23. The Labute approximate surface area is 95.3 Å². The van der Waals surface area contributed by atoms with Gasteiger partial charge < -0.3 is 5.32 Å². The molecule has 0 saturated carbocycles. The van der Waals surface area contributed by atoms with Crippen LogP contribution in [0.15, 0.2) is 30.9 Å². The molecule has 0 bridgehead atoms. The monoisotopic (exact) mass is 239 g/mol. The molecule has 1 aromatic carbocycles. The zero-order chi connectivity index (χ0) is 12.3. The fourth-order valence-corrected chi connectivity index (χ4v) is 1.30. The first-order chi connectivity index (χ1) is 8.16. The van der Waals surface area contributed by atoms with Crippen LogP contribution in [-0.2, 0) is 6.54 Å². The lowest BCUT2D eigenvalue weighted by Crippen LogP contribution is -2.04. The lowest BCUT2D eigenvalue weighted by molar-refractivity contribution is 0.497. The highest BCUT2D eigenvalue weighted by Gasteiger charge is 2.10. The van der Waals surface area contributed by atoms with E-state index in [1.807, 2.05) is 0 Å². The van der Waals surface area contributed by atoms with Crippen molar-refractivity contribution in [2.45, 2.75) is 6.54 Å². The molecule has 0 amide bonds. The Bertz CT molecular complexity index is 517. The van der Waals surface area contributed by atoms with Crippen LogP contribution in [0.2, 0.25) is 0 Å². The van der Waals surface area contributed by atoms with Crippen LogP contribution in [-0.4, -0.2) is 9.97 Å². The predicted octanol–water partition coefficient (Wildman–Crippen LogP) is 2.51. The first-order valence-electron chi connectivity index (χ1n) is 4.79. The summed E-state index contributed by atoms with van der Waals surface area (Å²) in [5.41, 5.74) is 0.447. The molecule has 1 aromatic heterocycles. The number of hydrogen-bond donors (Lipinski definition) is 1. The van der Waals surface area contributed by atoms with Crippen molar-refractivity contribution in [1.82, 2.24) is 9.97 Å². The summed E-state index contributed by atoms with van der Waals surface area (Å²) in [6.07, 6.45) is 4.40. The van der Waals surface area contributed by atoms with Crippen molar-refractivity contribution < 1.29 is 13.2 Å². The highest BCUT2D eigenvalue weighted by atomic mass is 19.2. The summed E-state index contributed by atoms with van der Waals surface area (Å²) in [6.45, 7) is 0.181. The number of nitrogens with one attached hydrogen (secondary N) is 1. The van der Waals surface area contributed by atoms with Crippen molar-refractivity contribution in [3.63, 3.8) is 0 Å². The molecule has 0 aliphatic heterocycles. The summed E-state index contributed by atoms with van der Waals surface area (Å²) in [6, 6.07) is 1.38. The van der Waals surface area contributed by atoms with Gasteiger partial charge in [0.25, 0.3) is 0 Å². The summed E-state index contributed by atoms with van der Waals surface area (Å²) >= 11 is 0. The number of anilines is 1. The number of benzene rings is 1. The summed E-state index contributed by atoms with van der Waals surface area (Å²) < 4.78 is 39.0. The Balaban J connectivity index is 2.14. The number of rotatable bonds is 3. The summed E-state index contributed by atoms with van der Waals surface area (Å²) in [5.74, 6) is -3.17. The van der Waals surface area contributed by atoms with Gasteiger partial charge in [0.05, 0.1) is 5.69 Å². The number of halogens is 3. The molecule has 0 fully saturated rings. The lowest BCUT2D eigenvalue weighted by atomic mass is 10.2. The summed E-state index contributed by atoms with van der Waals surface area (Å²) in [4.78, 5) is 7.52. The first-order valence-corrected chi connectivity index (χ1v) is 4.79. The van der Waals surface area contributed by atoms with Crippen molar-refractivity contribution in [3.05, 3.63) is 53.9 Å². The van der Waals surface area contributed by atoms with Crippen molar-refractivity contribution in [1.29, 1.82) is 0 Å². The van der Waals surface area contributed by atoms with Crippen LogP contribution in [0.4, 0.5) is 18.9 Å². The Morgan fingerprint density at radius 3 is 2.47 bits per heavy atom. The van der Waals surface area contributed by atoms with Crippen LogP contribution in [0.25, 0.3) is 0 Å². The molecule has 0 unspecified atom stereocenters. The van der Waals surface area contributed by atoms with Crippen LogP contribution >= 0.6 is 0 Å². The van der Waals surface area contributed by atoms with Crippen LogP contribution in [0.1, 0.15) is 5.56 Å². The third-order valence-electron chi connectivity index (χ3n) is 2.09. The predicted molar refractivity (Wildman–Crippen MR) is 55.7 cm³/mol. The molecular formula is C11H8F3N3. The van der Waals surface area contributed by atoms with Gasteiger partial charge in [0.2, 0.25) is 0 Å². The van der Waals surface area contributed by atoms with Crippen LogP contribution in [0.5, 0.6) is 0 Å². The van der Waals surface area contributed by atoms with Gasteiger partial charge in [0.1, 0.15) is 12.1 Å². The molecule has 0 saturated heterocycles. The van der Waals surface area contributed by atoms with E-state index in [-0.39, 0.29) is 12.2 Å². The molecule has 0 aliphatic rings. The van der Waals surface area contributed by atoms with Gasteiger partial charge in [-0.05, 0) is 0 Å². The maximum atomic E-state index is 13.2. The molecule has 2 aromatic rings. The molecule has 1 heterocycles. The van der Waals surface area contributed by atoms with E-state index in [9.17, 15) is 13.2 Å². The zero-order valence-corrected chi connectivity index (χ0v) is 8.62. The van der Waals surface area contributed by atoms with Gasteiger partial charge in [-0.15, -0.1) is 0 Å². The fourth-order valence-electron chi connectivity index (χ4n) is 1.30. The van der Waals surface area contributed by atoms with Crippen LogP contribution in [0, 0.1) is 17.5 Å². The number of hydrogen-bond acceptors (Lipinski definition) is 3. The van der Waals surface area contributed by atoms with Crippen LogP contribution < -0.4 is 5.32 Å². The Hall–Kier alpha value is -2.11. The van der Waals surface area contributed by atoms with E-state index in [2.05, 4.69) is 15.3 Å². The second-order valence-corrected chi connectivity index (χ2v) is 3.35. The van der Waals surface area contributed by atoms with Crippen molar-refractivity contribution in [3.8, 4) is 0 Å². The minimum absolute atomic E-state index is 0.181. The maximum Gasteiger partial charge on any atom is 0.182 e. The fraction of sp³-hybridized carbons (Fsp3) is 0.0909. The average Bonchev–Trinajstić information content (AvgIpc) is 2.33. The van der Waals surface area contributed by atoms with E-state index < -0.39 is 17.5 Å². The number of nitrogens with zero attached hydrogens (tertiary/aromatic N) is 2. The molecule has 17 heavy (non-hydrogen) atoms. The molecule has 3 nitrogen and oxygen atoms in total. The smallest absolute Gasteiger partial charge is 0.182 e. The zero-order valence-electron chi connectivity index (χ0n) is 8.62. The third-order valence-corrected chi connectivity index (χ3v) is 2.09. The van der Waals surface area contributed by atoms with E-state index in [1.54, 1.807) is 0 Å². The SMILES string of the molecule is Fc1cc(F)c(F)c(NCc2cncnc2)c1. The minimum Gasteiger partial charge on any atom is -0.378 e. The Morgan fingerprint density at radius 2 is 1.76 bits per heavy atom. The van der Waals surface area contributed by atoms with E-state index >= 15 is 0 Å². The van der Waals surface area contributed by atoms with Gasteiger partial charge in [-0.3, -0.25) is 0 Å². The second kappa shape index (κ2) is 4.82. The quantitative estimate of drug-likeness (QED) is 0.836. The Kier molecular flexibility index (Phi) is 3.22. The maximum absolute atomic E-state index is 13.2. The molecule has 0 atom stereocenters. The molecule has 0 aliphatic carbocycles. The van der Waals surface area contributed by atoms with E-state index in [0.29, 0.717) is 11.6 Å². The first kappa shape index (κ1) is 11.4. The second-order valence-electron chi connectivity index (χ2n) is 3.35. The van der Waals surface area contributed by atoms with Gasteiger partial charge in [-0.25, -0.2) is 23.1 Å². The lowest BCUT2D eigenvalue weighted by Gasteiger charge is -2.07. The van der Waals surface area contributed by atoms with Crippen molar-refractivity contribution in [2.75, 3.05) is 5.32 Å². The molecular weight excluding hydrogens is 231 g/mol. The Morgan fingerprint density at radius 1 is 1.06 bits per heavy atom. The van der Waals surface area contributed by atoms with E-state index in [0.717, 1.165) is 6.07 Å². The molecule has 0 radical (unpaired) electrons. The standard InChI is InChI=1S/C11H8F3N3/c12-8-1-9(13)11(14)10(2-8)17-5-7-3-15-6-16-4-7/h1-4,6,17H,5H2. The van der Waals surface area contributed by atoms with Crippen molar-refractivity contribution in [2.24, 2.45) is 0 Å². The molecule has 1 N–H and O–H groups in total.